The molecular formula is C18H20N2O2S2. The van der Waals surface area contributed by atoms with Crippen LogP contribution < -0.4 is 5.32 Å². The molecule has 1 aliphatic heterocycles. The minimum Gasteiger partial charge on any atom is -0.376 e. The lowest BCUT2D eigenvalue weighted by Crippen LogP contribution is -2.15. The summed E-state index contributed by atoms with van der Waals surface area (Å²) in [5.74, 6) is 0.0451. The number of allylic oxidation sites excluding steroid dienone is 1. The summed E-state index contributed by atoms with van der Waals surface area (Å²) >= 11 is 3.29. The van der Waals surface area contributed by atoms with E-state index in [1.165, 1.54) is 16.9 Å². The smallest absolute Gasteiger partial charge is 0.251 e. The van der Waals surface area contributed by atoms with Crippen molar-refractivity contribution in [3.63, 3.8) is 0 Å². The second-order valence-electron chi connectivity index (χ2n) is 6.23. The molecule has 1 N–H and O–H groups in total. The highest BCUT2D eigenvalue weighted by Gasteiger charge is 2.25. The number of thiophene rings is 1. The SMILES string of the molecule is Cc1csc(-c2c(NC(=O)C3=CCCCC3)sc3c2CCOC3)n1. The summed E-state index contributed by atoms with van der Waals surface area (Å²) in [5.41, 5.74) is 4.36. The van der Waals surface area contributed by atoms with Crippen LogP contribution in [-0.4, -0.2) is 17.5 Å². The molecule has 24 heavy (non-hydrogen) atoms. The van der Waals surface area contributed by atoms with Gasteiger partial charge in [-0.25, -0.2) is 4.98 Å². The number of thiazole rings is 1. The topological polar surface area (TPSA) is 51.2 Å². The van der Waals surface area contributed by atoms with Crippen molar-refractivity contribution in [1.82, 2.24) is 4.98 Å². The summed E-state index contributed by atoms with van der Waals surface area (Å²) in [6.45, 7) is 3.38. The van der Waals surface area contributed by atoms with Gasteiger partial charge in [-0.15, -0.1) is 22.7 Å². The Balaban J connectivity index is 1.70. The first kappa shape index (κ1) is 16.0. The van der Waals surface area contributed by atoms with Gasteiger partial charge in [0.2, 0.25) is 0 Å². The third-order valence-electron chi connectivity index (χ3n) is 4.46. The molecule has 0 saturated carbocycles. The number of nitrogens with one attached hydrogen (secondary N) is 1. The minimum absolute atomic E-state index is 0.0451. The van der Waals surface area contributed by atoms with E-state index in [1.807, 2.05) is 6.92 Å². The van der Waals surface area contributed by atoms with Crippen LogP contribution in [0, 0.1) is 6.92 Å². The first-order valence-corrected chi connectivity index (χ1v) is 10.1. The lowest BCUT2D eigenvalue weighted by Gasteiger charge is -2.14. The molecule has 0 unspecified atom stereocenters. The fourth-order valence-corrected chi connectivity index (χ4v) is 5.36. The molecule has 0 atom stereocenters. The highest BCUT2D eigenvalue weighted by molar-refractivity contribution is 7.18. The Morgan fingerprint density at radius 3 is 3.00 bits per heavy atom. The first-order valence-electron chi connectivity index (χ1n) is 8.37. The van der Waals surface area contributed by atoms with E-state index in [0.29, 0.717) is 6.61 Å². The average Bonchev–Trinajstić information content (AvgIpc) is 3.18. The predicted octanol–water partition coefficient (Wildman–Crippen LogP) is 4.69. The zero-order valence-electron chi connectivity index (χ0n) is 13.7. The van der Waals surface area contributed by atoms with Gasteiger partial charge in [-0.2, -0.15) is 0 Å². The summed E-state index contributed by atoms with van der Waals surface area (Å²) in [6, 6.07) is 0. The van der Waals surface area contributed by atoms with E-state index in [0.717, 1.165) is 59.1 Å². The number of carbonyl (C=O) groups is 1. The second-order valence-corrected chi connectivity index (χ2v) is 8.20. The molecule has 1 aliphatic carbocycles. The summed E-state index contributed by atoms with van der Waals surface area (Å²) in [5, 5.41) is 7.16. The van der Waals surface area contributed by atoms with Crippen molar-refractivity contribution in [2.75, 3.05) is 11.9 Å². The molecule has 0 aromatic carbocycles. The Labute approximate surface area is 149 Å². The molecule has 0 spiro atoms. The predicted molar refractivity (Wildman–Crippen MR) is 98.7 cm³/mol. The quantitative estimate of drug-likeness (QED) is 0.864. The van der Waals surface area contributed by atoms with Gasteiger partial charge in [-0.05, 0) is 44.6 Å². The van der Waals surface area contributed by atoms with Crippen molar-refractivity contribution >= 4 is 33.6 Å². The molecule has 1 amide bonds. The van der Waals surface area contributed by atoms with Crippen molar-refractivity contribution in [3.8, 4) is 10.6 Å². The highest BCUT2D eigenvalue weighted by atomic mass is 32.1. The van der Waals surface area contributed by atoms with Crippen LogP contribution in [0.4, 0.5) is 5.00 Å². The van der Waals surface area contributed by atoms with Crippen molar-refractivity contribution in [2.45, 2.75) is 45.6 Å². The largest absolute Gasteiger partial charge is 0.376 e. The summed E-state index contributed by atoms with van der Waals surface area (Å²) < 4.78 is 5.60. The number of anilines is 1. The zero-order chi connectivity index (χ0) is 16.5. The molecule has 2 aromatic rings. The van der Waals surface area contributed by atoms with Crippen molar-refractivity contribution in [1.29, 1.82) is 0 Å². The lowest BCUT2D eigenvalue weighted by atomic mass is 9.99. The second kappa shape index (κ2) is 6.78. The number of fused-ring (bicyclic) bond motifs is 1. The van der Waals surface area contributed by atoms with Crippen LogP contribution in [0.3, 0.4) is 0 Å². The number of amides is 1. The lowest BCUT2D eigenvalue weighted by molar-refractivity contribution is -0.113. The molecule has 0 bridgehead atoms. The van der Waals surface area contributed by atoms with Gasteiger partial charge in [0, 0.05) is 27.1 Å². The third-order valence-corrected chi connectivity index (χ3v) is 6.56. The number of nitrogens with zero attached hydrogens (tertiary/aromatic N) is 1. The minimum atomic E-state index is 0.0451. The number of aromatic nitrogens is 1. The van der Waals surface area contributed by atoms with Crippen LogP contribution in [0.25, 0.3) is 10.6 Å². The fraction of sp³-hybridized carbons (Fsp3) is 0.444. The van der Waals surface area contributed by atoms with E-state index in [-0.39, 0.29) is 5.91 Å². The molecular weight excluding hydrogens is 340 g/mol. The number of carbonyl (C=O) groups excluding carboxylic acids is 1. The van der Waals surface area contributed by atoms with Gasteiger partial charge in [0.25, 0.3) is 5.91 Å². The normalized spacial score (nSPS) is 17.3. The third kappa shape index (κ3) is 3.06. The van der Waals surface area contributed by atoms with Gasteiger partial charge in [-0.3, -0.25) is 4.79 Å². The van der Waals surface area contributed by atoms with Crippen LogP contribution >= 0.6 is 22.7 Å². The molecule has 126 valence electrons. The number of rotatable bonds is 3. The van der Waals surface area contributed by atoms with Gasteiger partial charge in [0.15, 0.2) is 0 Å². The monoisotopic (exact) mass is 360 g/mol. The highest BCUT2D eigenvalue weighted by Crippen LogP contribution is 2.44. The first-order chi connectivity index (χ1) is 11.7. The molecule has 3 heterocycles. The van der Waals surface area contributed by atoms with Gasteiger partial charge in [0.05, 0.1) is 13.2 Å². The van der Waals surface area contributed by atoms with E-state index >= 15 is 0 Å². The summed E-state index contributed by atoms with van der Waals surface area (Å²) in [6.07, 6.45) is 7.15. The Morgan fingerprint density at radius 2 is 2.25 bits per heavy atom. The number of ether oxygens (including phenoxy) is 1. The maximum atomic E-state index is 12.6. The molecule has 4 rings (SSSR count). The van der Waals surface area contributed by atoms with Gasteiger partial charge in [0.1, 0.15) is 10.0 Å². The molecule has 0 fully saturated rings. The molecule has 2 aliphatic rings. The Bertz CT molecular complexity index is 804. The summed E-state index contributed by atoms with van der Waals surface area (Å²) in [7, 11) is 0. The van der Waals surface area contributed by atoms with Gasteiger partial charge in [-0.1, -0.05) is 6.08 Å². The van der Waals surface area contributed by atoms with Crippen molar-refractivity contribution in [3.05, 3.63) is 33.2 Å². The van der Waals surface area contributed by atoms with Crippen LogP contribution in [0.5, 0.6) is 0 Å². The summed E-state index contributed by atoms with van der Waals surface area (Å²) in [4.78, 5) is 18.5. The maximum absolute atomic E-state index is 12.6. The standard InChI is InChI=1S/C18H20N2O2S2/c1-11-10-23-17(19-11)15-13-7-8-22-9-14(13)24-18(15)20-16(21)12-5-3-2-4-6-12/h5,10H,2-4,6-9H2,1H3,(H,20,21). The van der Waals surface area contributed by atoms with Gasteiger partial charge < -0.3 is 10.1 Å². The Hall–Kier alpha value is -1.50. The van der Waals surface area contributed by atoms with Crippen LogP contribution in [0.15, 0.2) is 17.0 Å². The number of hydrogen-bond acceptors (Lipinski definition) is 5. The van der Waals surface area contributed by atoms with E-state index in [9.17, 15) is 4.79 Å². The fourth-order valence-electron chi connectivity index (χ4n) is 3.24. The van der Waals surface area contributed by atoms with Crippen LogP contribution in [0.2, 0.25) is 0 Å². The molecule has 0 saturated heterocycles. The van der Waals surface area contributed by atoms with E-state index in [4.69, 9.17) is 4.74 Å². The van der Waals surface area contributed by atoms with Crippen LogP contribution in [-0.2, 0) is 22.6 Å². The van der Waals surface area contributed by atoms with Crippen molar-refractivity contribution < 1.29 is 9.53 Å². The zero-order valence-corrected chi connectivity index (χ0v) is 15.3. The molecule has 0 radical (unpaired) electrons. The van der Waals surface area contributed by atoms with Crippen LogP contribution in [0.1, 0.15) is 41.8 Å². The Morgan fingerprint density at radius 1 is 1.33 bits per heavy atom. The molecule has 2 aromatic heterocycles. The van der Waals surface area contributed by atoms with Gasteiger partial charge >= 0.3 is 0 Å². The number of hydrogen-bond donors (Lipinski definition) is 1. The number of aryl methyl sites for hydroxylation is 1. The maximum Gasteiger partial charge on any atom is 0.251 e. The molecule has 6 heteroatoms. The van der Waals surface area contributed by atoms with E-state index in [1.54, 1.807) is 22.7 Å². The van der Waals surface area contributed by atoms with E-state index < -0.39 is 0 Å². The van der Waals surface area contributed by atoms with E-state index in [2.05, 4.69) is 21.8 Å². The molecule has 4 nitrogen and oxygen atoms in total. The average molecular weight is 361 g/mol. The van der Waals surface area contributed by atoms with Crippen molar-refractivity contribution in [2.24, 2.45) is 0 Å². The Kier molecular flexibility index (Phi) is 4.52.